The fourth-order valence-electron chi connectivity index (χ4n) is 3.14. The van der Waals surface area contributed by atoms with Gasteiger partial charge in [0.05, 0.1) is 5.56 Å². The van der Waals surface area contributed by atoms with Gasteiger partial charge in [0.25, 0.3) is 0 Å². The van der Waals surface area contributed by atoms with Crippen LogP contribution in [0, 0.1) is 11.3 Å². The van der Waals surface area contributed by atoms with E-state index in [1.54, 1.807) is 0 Å². The first-order chi connectivity index (χ1) is 13.6. The molecule has 0 N–H and O–H groups in total. The van der Waals surface area contributed by atoms with Crippen molar-refractivity contribution in [2.75, 3.05) is 0 Å². The fourth-order valence-corrected chi connectivity index (χ4v) is 3.14. The van der Waals surface area contributed by atoms with Gasteiger partial charge in [0.2, 0.25) is 0 Å². The van der Waals surface area contributed by atoms with Crippen molar-refractivity contribution in [2.24, 2.45) is 0 Å². The summed E-state index contributed by atoms with van der Waals surface area (Å²) >= 11 is 0. The summed E-state index contributed by atoms with van der Waals surface area (Å²) in [6, 6.07) is 20.9. The summed E-state index contributed by atoms with van der Waals surface area (Å²) < 4.78 is 2.02. The van der Waals surface area contributed by atoms with Gasteiger partial charge in [-0.25, -0.2) is 0 Å². The second-order valence-corrected chi connectivity index (χ2v) is 6.81. The zero-order valence-corrected chi connectivity index (χ0v) is 16.4. The van der Waals surface area contributed by atoms with E-state index in [0.29, 0.717) is 5.56 Å². The molecule has 0 unspecified atom stereocenters. The first-order valence-corrected chi connectivity index (χ1v) is 9.37. The lowest BCUT2D eigenvalue weighted by Crippen LogP contribution is -1.92. The van der Waals surface area contributed by atoms with E-state index in [4.69, 9.17) is 0 Å². The summed E-state index contributed by atoms with van der Waals surface area (Å²) in [5.41, 5.74) is 7.17. The number of nitriles is 1. The molecule has 1 aromatic heterocycles. The van der Waals surface area contributed by atoms with Crippen molar-refractivity contribution in [1.29, 1.82) is 5.26 Å². The lowest BCUT2D eigenvalue weighted by atomic mass is 9.97. The van der Waals surface area contributed by atoms with Crippen LogP contribution in [0.5, 0.6) is 0 Å². The minimum atomic E-state index is 0.677. The number of rotatable bonds is 6. The molecule has 0 saturated heterocycles. The van der Waals surface area contributed by atoms with Crippen molar-refractivity contribution in [2.45, 2.75) is 20.3 Å². The fraction of sp³-hybridized carbons (Fsp3) is 0.115. The van der Waals surface area contributed by atoms with Crippen molar-refractivity contribution in [3.63, 3.8) is 0 Å². The predicted molar refractivity (Wildman–Crippen MR) is 118 cm³/mol. The standard InChI is InChI=1S/C26H24N2/c1-4-5-11-23(16-21-9-7-6-8-10-21)26-19-28(18-24(26)17-27)25-14-12-22(13-15-25)20(2)3/h4-15,18-19H,2,16H2,1,3H3/b5-4-,23-11+. The molecule has 2 aromatic carbocycles. The molecule has 0 aliphatic heterocycles. The maximum atomic E-state index is 9.72. The Labute approximate surface area is 167 Å². The van der Waals surface area contributed by atoms with Crippen LogP contribution in [0.15, 0.2) is 91.8 Å². The summed E-state index contributed by atoms with van der Waals surface area (Å²) in [5, 5.41) is 9.72. The van der Waals surface area contributed by atoms with Crippen molar-refractivity contribution in [3.05, 3.63) is 114 Å². The van der Waals surface area contributed by atoms with Crippen LogP contribution in [0.4, 0.5) is 0 Å². The number of hydrogen-bond donors (Lipinski definition) is 0. The lowest BCUT2D eigenvalue weighted by molar-refractivity contribution is 1.07. The Morgan fingerprint density at radius 1 is 1.07 bits per heavy atom. The Kier molecular flexibility index (Phi) is 6.09. The van der Waals surface area contributed by atoms with Gasteiger partial charge in [0.1, 0.15) is 6.07 Å². The van der Waals surface area contributed by atoms with Gasteiger partial charge in [-0.3, -0.25) is 0 Å². The second kappa shape index (κ2) is 8.88. The van der Waals surface area contributed by atoms with E-state index in [1.165, 1.54) is 5.56 Å². The third-order valence-electron chi connectivity index (χ3n) is 4.68. The molecule has 3 rings (SSSR count). The molecule has 3 aromatic rings. The van der Waals surface area contributed by atoms with Crippen LogP contribution < -0.4 is 0 Å². The molecule has 0 spiro atoms. The van der Waals surface area contributed by atoms with Gasteiger partial charge in [-0.15, -0.1) is 0 Å². The molecule has 138 valence electrons. The summed E-state index contributed by atoms with van der Waals surface area (Å²) in [6.45, 7) is 7.98. The summed E-state index contributed by atoms with van der Waals surface area (Å²) in [7, 11) is 0. The van der Waals surface area contributed by atoms with Gasteiger partial charge >= 0.3 is 0 Å². The van der Waals surface area contributed by atoms with Crippen LogP contribution in [-0.2, 0) is 6.42 Å². The molecule has 0 radical (unpaired) electrons. The van der Waals surface area contributed by atoms with Gasteiger partial charge in [-0.2, -0.15) is 5.26 Å². The number of hydrogen-bond acceptors (Lipinski definition) is 1. The molecular formula is C26H24N2. The number of aromatic nitrogens is 1. The minimum Gasteiger partial charge on any atom is -0.322 e. The van der Waals surface area contributed by atoms with Crippen molar-refractivity contribution in [3.8, 4) is 11.8 Å². The average molecular weight is 364 g/mol. The van der Waals surface area contributed by atoms with Crippen LogP contribution in [-0.4, -0.2) is 4.57 Å². The third-order valence-corrected chi connectivity index (χ3v) is 4.68. The van der Waals surface area contributed by atoms with Crippen LogP contribution >= 0.6 is 0 Å². The molecule has 0 atom stereocenters. The molecule has 0 amide bonds. The maximum absolute atomic E-state index is 9.72. The van der Waals surface area contributed by atoms with Gasteiger partial charge in [-0.05, 0) is 49.1 Å². The van der Waals surface area contributed by atoms with E-state index in [0.717, 1.165) is 34.4 Å². The molecule has 2 heteroatoms. The minimum absolute atomic E-state index is 0.677. The van der Waals surface area contributed by atoms with Gasteiger partial charge in [0, 0.05) is 23.6 Å². The first kappa shape index (κ1) is 19.2. The highest BCUT2D eigenvalue weighted by Crippen LogP contribution is 2.26. The molecule has 0 saturated carbocycles. The van der Waals surface area contributed by atoms with E-state index >= 15 is 0 Å². The Morgan fingerprint density at radius 3 is 2.39 bits per heavy atom. The largest absolute Gasteiger partial charge is 0.322 e. The Hall–Kier alpha value is -3.57. The second-order valence-electron chi connectivity index (χ2n) is 6.81. The van der Waals surface area contributed by atoms with Crippen LogP contribution in [0.3, 0.4) is 0 Å². The molecular weight excluding hydrogens is 340 g/mol. The van der Waals surface area contributed by atoms with Gasteiger partial charge in [-0.1, -0.05) is 72.8 Å². The smallest absolute Gasteiger partial charge is 0.101 e. The molecule has 0 bridgehead atoms. The highest BCUT2D eigenvalue weighted by atomic mass is 14.9. The lowest BCUT2D eigenvalue weighted by Gasteiger charge is -2.07. The molecule has 0 aliphatic rings. The number of nitrogens with zero attached hydrogens (tertiary/aromatic N) is 2. The van der Waals surface area contributed by atoms with Crippen molar-refractivity contribution < 1.29 is 0 Å². The van der Waals surface area contributed by atoms with Crippen molar-refractivity contribution in [1.82, 2.24) is 4.57 Å². The Bertz CT molecular complexity index is 1060. The maximum Gasteiger partial charge on any atom is 0.101 e. The van der Waals surface area contributed by atoms with Crippen LogP contribution in [0.2, 0.25) is 0 Å². The van der Waals surface area contributed by atoms with Crippen LogP contribution in [0.25, 0.3) is 16.8 Å². The SMILES string of the molecule is C=C(C)c1ccc(-n2cc(C#N)c(/C(=C/C=C\C)Cc3ccccc3)c2)cc1. The van der Waals surface area contributed by atoms with E-state index < -0.39 is 0 Å². The van der Waals surface area contributed by atoms with Crippen molar-refractivity contribution >= 4 is 11.1 Å². The summed E-state index contributed by atoms with van der Waals surface area (Å²) in [5.74, 6) is 0. The number of benzene rings is 2. The Morgan fingerprint density at radius 2 is 1.79 bits per heavy atom. The molecule has 2 nitrogen and oxygen atoms in total. The van der Waals surface area contributed by atoms with E-state index in [2.05, 4.69) is 55.1 Å². The van der Waals surface area contributed by atoms with Crippen LogP contribution in [0.1, 0.15) is 36.1 Å². The normalized spacial score (nSPS) is 11.5. The molecule has 0 fully saturated rings. The zero-order valence-electron chi connectivity index (χ0n) is 16.4. The summed E-state index contributed by atoms with van der Waals surface area (Å²) in [6.07, 6.45) is 10.9. The molecule has 1 heterocycles. The van der Waals surface area contributed by atoms with E-state index in [-0.39, 0.29) is 0 Å². The predicted octanol–water partition coefficient (Wildman–Crippen LogP) is 6.58. The quantitative estimate of drug-likeness (QED) is 0.454. The average Bonchev–Trinajstić information content (AvgIpc) is 3.16. The number of allylic oxidation sites excluding steroid dienone is 5. The Balaban J connectivity index is 2.01. The third kappa shape index (κ3) is 4.39. The molecule has 0 aliphatic carbocycles. The van der Waals surface area contributed by atoms with E-state index in [9.17, 15) is 5.26 Å². The zero-order chi connectivity index (χ0) is 19.9. The first-order valence-electron chi connectivity index (χ1n) is 9.37. The highest BCUT2D eigenvalue weighted by molar-refractivity contribution is 5.74. The highest BCUT2D eigenvalue weighted by Gasteiger charge is 2.13. The monoisotopic (exact) mass is 364 g/mol. The molecule has 28 heavy (non-hydrogen) atoms. The van der Waals surface area contributed by atoms with Gasteiger partial charge in [0.15, 0.2) is 0 Å². The van der Waals surface area contributed by atoms with Gasteiger partial charge < -0.3 is 4.57 Å². The van der Waals surface area contributed by atoms with E-state index in [1.807, 2.05) is 61.2 Å². The summed E-state index contributed by atoms with van der Waals surface area (Å²) in [4.78, 5) is 0. The topological polar surface area (TPSA) is 28.7 Å².